The van der Waals surface area contributed by atoms with Crippen LogP contribution in [0.2, 0.25) is 0 Å². The summed E-state index contributed by atoms with van der Waals surface area (Å²) in [5.74, 6) is -0.747. The van der Waals surface area contributed by atoms with Crippen molar-refractivity contribution < 1.29 is 8.78 Å². The lowest BCUT2D eigenvalue weighted by atomic mass is 10.1. The fourth-order valence-electron chi connectivity index (χ4n) is 1.28. The predicted octanol–water partition coefficient (Wildman–Crippen LogP) is 2.61. The van der Waals surface area contributed by atoms with Gasteiger partial charge in [-0.25, -0.2) is 8.78 Å². The number of halogens is 2. The van der Waals surface area contributed by atoms with Gasteiger partial charge in [0.25, 0.3) is 0 Å². The third-order valence-corrected chi connectivity index (χ3v) is 4.07. The summed E-state index contributed by atoms with van der Waals surface area (Å²) in [7, 11) is 0. The fourth-order valence-corrected chi connectivity index (χ4v) is 2.77. The van der Waals surface area contributed by atoms with Crippen molar-refractivity contribution in [2.45, 2.75) is 10.4 Å². The molecule has 1 heterocycles. The highest BCUT2D eigenvalue weighted by atomic mass is 32.2. The van der Waals surface area contributed by atoms with Gasteiger partial charge in [0.05, 0.1) is 0 Å². The first-order valence-corrected chi connectivity index (χ1v) is 6.63. The van der Waals surface area contributed by atoms with Gasteiger partial charge in [-0.3, -0.25) is 0 Å². The van der Waals surface area contributed by atoms with E-state index in [1.807, 2.05) is 0 Å². The van der Waals surface area contributed by atoms with Crippen LogP contribution in [0.4, 0.5) is 8.78 Å². The molecule has 0 saturated carbocycles. The Hall–Kier alpha value is -1.05. The Kier molecular flexibility index (Phi) is 4.03. The summed E-state index contributed by atoms with van der Waals surface area (Å²) < 4.78 is 26.9. The van der Waals surface area contributed by atoms with Gasteiger partial charge in [0.1, 0.15) is 17.1 Å². The first kappa shape index (κ1) is 12.4. The zero-order valence-electron chi connectivity index (χ0n) is 8.64. The van der Waals surface area contributed by atoms with E-state index >= 15 is 0 Å². The molecule has 0 aliphatic rings. The maximum atomic E-state index is 13.4. The fraction of sp³-hybridized carbons (Fsp3) is 0.200. The van der Waals surface area contributed by atoms with Crippen LogP contribution in [-0.4, -0.2) is 16.0 Å². The second-order valence-corrected chi connectivity index (χ2v) is 5.39. The molecule has 0 spiro atoms. The maximum absolute atomic E-state index is 13.4. The average Bonchev–Trinajstić information content (AvgIpc) is 2.78. The molecule has 1 atom stereocenters. The van der Waals surface area contributed by atoms with Crippen LogP contribution in [-0.2, 0) is 0 Å². The van der Waals surface area contributed by atoms with E-state index in [1.54, 1.807) is 5.51 Å². The van der Waals surface area contributed by atoms with Crippen LogP contribution in [0.3, 0.4) is 0 Å². The Morgan fingerprint density at radius 3 is 2.88 bits per heavy atom. The number of benzene rings is 1. The van der Waals surface area contributed by atoms with Crippen LogP contribution < -0.4 is 5.73 Å². The molecule has 90 valence electrons. The van der Waals surface area contributed by atoms with Gasteiger partial charge in [-0.15, -0.1) is 10.2 Å². The molecular weight excluding hydrogens is 264 g/mol. The Morgan fingerprint density at radius 2 is 2.24 bits per heavy atom. The Balaban J connectivity index is 2.01. The summed E-state index contributed by atoms with van der Waals surface area (Å²) >= 11 is 2.80. The number of thioether (sulfide) groups is 1. The number of nitrogens with zero attached hydrogens (tertiary/aromatic N) is 2. The number of hydrogen-bond acceptors (Lipinski definition) is 5. The van der Waals surface area contributed by atoms with Crippen LogP contribution in [0.1, 0.15) is 11.6 Å². The highest BCUT2D eigenvalue weighted by Crippen LogP contribution is 2.25. The molecule has 2 N–H and O–H groups in total. The summed E-state index contributed by atoms with van der Waals surface area (Å²) in [6, 6.07) is 2.92. The second kappa shape index (κ2) is 5.52. The molecule has 3 nitrogen and oxygen atoms in total. The van der Waals surface area contributed by atoms with Gasteiger partial charge in [-0.05, 0) is 6.07 Å². The van der Waals surface area contributed by atoms with Crippen molar-refractivity contribution in [1.29, 1.82) is 0 Å². The summed E-state index contributed by atoms with van der Waals surface area (Å²) in [5.41, 5.74) is 7.76. The van der Waals surface area contributed by atoms with Gasteiger partial charge >= 0.3 is 0 Å². The topological polar surface area (TPSA) is 51.8 Å². The number of rotatable bonds is 4. The molecule has 0 amide bonds. The van der Waals surface area contributed by atoms with Crippen LogP contribution >= 0.6 is 23.1 Å². The normalized spacial score (nSPS) is 12.6. The molecule has 0 fully saturated rings. The molecule has 2 rings (SSSR count). The third-order valence-electron chi connectivity index (χ3n) is 2.09. The van der Waals surface area contributed by atoms with Crippen molar-refractivity contribution >= 4 is 23.1 Å². The van der Waals surface area contributed by atoms with E-state index in [1.165, 1.54) is 35.2 Å². The van der Waals surface area contributed by atoms with Crippen LogP contribution in [0.15, 0.2) is 28.0 Å². The quantitative estimate of drug-likeness (QED) is 0.870. The zero-order valence-corrected chi connectivity index (χ0v) is 10.3. The highest BCUT2D eigenvalue weighted by Gasteiger charge is 2.13. The monoisotopic (exact) mass is 273 g/mol. The summed E-state index contributed by atoms with van der Waals surface area (Å²) in [6.45, 7) is 0. The van der Waals surface area contributed by atoms with Crippen molar-refractivity contribution in [2.75, 3.05) is 5.75 Å². The van der Waals surface area contributed by atoms with E-state index in [-0.39, 0.29) is 0 Å². The van der Waals surface area contributed by atoms with E-state index < -0.39 is 17.7 Å². The number of nitrogens with two attached hydrogens (primary N) is 1. The summed E-state index contributed by atoms with van der Waals surface area (Å²) in [4.78, 5) is 0. The van der Waals surface area contributed by atoms with E-state index in [2.05, 4.69) is 10.2 Å². The molecule has 1 aromatic heterocycles. The third kappa shape index (κ3) is 3.21. The zero-order chi connectivity index (χ0) is 12.3. The lowest BCUT2D eigenvalue weighted by Gasteiger charge is -2.11. The standard InChI is InChI=1S/C10H9F2N3S2/c11-6-1-2-7(8(12)3-6)9(13)4-16-10-15-14-5-17-10/h1-3,5,9H,4,13H2. The van der Waals surface area contributed by atoms with Gasteiger partial charge in [0.2, 0.25) is 0 Å². The Bertz CT molecular complexity index is 490. The second-order valence-electron chi connectivity index (χ2n) is 3.29. The SMILES string of the molecule is NC(CSc1nncs1)c1ccc(F)cc1F. The smallest absolute Gasteiger partial charge is 0.174 e. The van der Waals surface area contributed by atoms with Gasteiger partial charge in [0, 0.05) is 23.4 Å². The molecule has 0 saturated heterocycles. The van der Waals surface area contributed by atoms with E-state index in [9.17, 15) is 8.78 Å². The maximum Gasteiger partial charge on any atom is 0.174 e. The van der Waals surface area contributed by atoms with Gasteiger partial charge < -0.3 is 5.73 Å². The minimum absolute atomic E-state index is 0.309. The Labute approximate surface area is 105 Å². The molecule has 0 radical (unpaired) electrons. The van der Waals surface area contributed by atoms with E-state index in [4.69, 9.17) is 5.73 Å². The van der Waals surface area contributed by atoms with Crippen LogP contribution in [0, 0.1) is 11.6 Å². The lowest BCUT2D eigenvalue weighted by Crippen LogP contribution is -2.14. The minimum atomic E-state index is -0.615. The van der Waals surface area contributed by atoms with Crippen molar-refractivity contribution in [3.63, 3.8) is 0 Å². The largest absolute Gasteiger partial charge is 0.323 e. The van der Waals surface area contributed by atoms with Crippen LogP contribution in [0.5, 0.6) is 0 Å². The summed E-state index contributed by atoms with van der Waals surface area (Å²) in [6.07, 6.45) is 0. The van der Waals surface area contributed by atoms with Crippen molar-refractivity contribution in [3.05, 3.63) is 40.9 Å². The van der Waals surface area contributed by atoms with E-state index in [0.29, 0.717) is 11.3 Å². The lowest BCUT2D eigenvalue weighted by molar-refractivity contribution is 0.563. The van der Waals surface area contributed by atoms with Crippen molar-refractivity contribution in [3.8, 4) is 0 Å². The van der Waals surface area contributed by atoms with Crippen molar-refractivity contribution in [2.24, 2.45) is 5.73 Å². The first-order chi connectivity index (χ1) is 8.16. The highest BCUT2D eigenvalue weighted by molar-refractivity contribution is 8.01. The molecule has 1 unspecified atom stereocenters. The van der Waals surface area contributed by atoms with Gasteiger partial charge in [0.15, 0.2) is 4.34 Å². The van der Waals surface area contributed by atoms with Crippen molar-refractivity contribution in [1.82, 2.24) is 10.2 Å². The molecule has 0 aliphatic heterocycles. The number of hydrogen-bond donors (Lipinski definition) is 1. The van der Waals surface area contributed by atoms with E-state index in [0.717, 1.165) is 10.4 Å². The molecule has 2 aromatic rings. The van der Waals surface area contributed by atoms with Crippen LogP contribution in [0.25, 0.3) is 0 Å². The number of aromatic nitrogens is 2. The molecule has 7 heteroatoms. The first-order valence-electron chi connectivity index (χ1n) is 4.76. The minimum Gasteiger partial charge on any atom is -0.323 e. The molecular formula is C10H9F2N3S2. The molecule has 0 bridgehead atoms. The Morgan fingerprint density at radius 1 is 1.41 bits per heavy atom. The van der Waals surface area contributed by atoms with Gasteiger partial charge in [-0.1, -0.05) is 29.2 Å². The average molecular weight is 273 g/mol. The molecule has 0 aliphatic carbocycles. The summed E-state index contributed by atoms with van der Waals surface area (Å²) in [5, 5.41) is 7.53. The van der Waals surface area contributed by atoms with Gasteiger partial charge in [-0.2, -0.15) is 0 Å². The molecule has 1 aromatic carbocycles. The predicted molar refractivity (Wildman–Crippen MR) is 63.9 cm³/mol. The molecule has 17 heavy (non-hydrogen) atoms.